The molecule has 0 amide bonds. The quantitative estimate of drug-likeness (QED) is 0.628. The van der Waals surface area contributed by atoms with Crippen molar-refractivity contribution >= 4 is 28.2 Å². The van der Waals surface area contributed by atoms with E-state index in [0.717, 1.165) is 12.1 Å². The fourth-order valence-electron chi connectivity index (χ4n) is 2.58. The molecule has 0 aliphatic heterocycles. The second-order valence-electron chi connectivity index (χ2n) is 5.62. The van der Waals surface area contributed by atoms with E-state index in [1.165, 1.54) is 15.3 Å². The Bertz CT molecular complexity index is 712. The van der Waals surface area contributed by atoms with Crippen molar-refractivity contribution < 1.29 is 5.11 Å². The average Bonchev–Trinajstić information content (AvgIpc) is 3.32. The van der Waals surface area contributed by atoms with Gasteiger partial charge in [0, 0.05) is 27.9 Å². The summed E-state index contributed by atoms with van der Waals surface area (Å²) in [5.41, 5.74) is 2.20. The number of hydrogen-bond acceptors (Lipinski definition) is 4. The molecule has 0 radical (unpaired) electrons. The Labute approximate surface area is 151 Å². The molecule has 0 aliphatic rings. The van der Waals surface area contributed by atoms with E-state index in [4.69, 9.17) is 0 Å². The van der Waals surface area contributed by atoms with Gasteiger partial charge in [0.05, 0.1) is 6.10 Å². The summed E-state index contributed by atoms with van der Waals surface area (Å²) in [5.74, 6) is 0. The summed E-state index contributed by atoms with van der Waals surface area (Å²) in [7, 11) is 0. The lowest BCUT2D eigenvalue weighted by Gasteiger charge is -2.20. The molecular weight excluding hydrogens is 334 g/mol. The van der Waals surface area contributed by atoms with Crippen LogP contribution in [0.2, 0.25) is 0 Å². The molecule has 0 bridgehead atoms. The van der Waals surface area contributed by atoms with E-state index in [9.17, 15) is 5.11 Å². The monoisotopic (exact) mass is 355 g/mol. The highest BCUT2D eigenvalue weighted by Crippen LogP contribution is 2.30. The van der Waals surface area contributed by atoms with Gasteiger partial charge in [-0.2, -0.15) is 0 Å². The van der Waals surface area contributed by atoms with Crippen molar-refractivity contribution in [2.45, 2.75) is 19.1 Å². The second-order valence-corrected chi connectivity index (χ2v) is 7.52. The third-order valence-electron chi connectivity index (χ3n) is 3.93. The first-order valence-electron chi connectivity index (χ1n) is 8.00. The van der Waals surface area contributed by atoms with E-state index in [2.05, 4.69) is 46.4 Å². The van der Waals surface area contributed by atoms with E-state index in [1.807, 2.05) is 37.3 Å². The number of nitrogens with one attached hydrogen (secondary N) is 1. The van der Waals surface area contributed by atoms with Gasteiger partial charge in [-0.25, -0.2) is 0 Å². The molecule has 0 saturated heterocycles. The summed E-state index contributed by atoms with van der Waals surface area (Å²) >= 11 is 3.50. The minimum absolute atomic E-state index is 0.0171. The molecule has 2 N–H and O–H groups in total. The van der Waals surface area contributed by atoms with Gasteiger partial charge in [-0.15, -0.1) is 22.7 Å². The third-order valence-corrected chi connectivity index (χ3v) is 5.74. The van der Waals surface area contributed by atoms with Gasteiger partial charge in [0.15, 0.2) is 0 Å². The summed E-state index contributed by atoms with van der Waals surface area (Å²) in [4.78, 5) is 2.55. The molecule has 2 heterocycles. The lowest BCUT2D eigenvalue weighted by Crippen LogP contribution is -2.32. The van der Waals surface area contributed by atoms with Crippen molar-refractivity contribution in [3.8, 4) is 0 Å². The van der Waals surface area contributed by atoms with Crippen LogP contribution >= 0.6 is 22.7 Å². The second kappa shape index (κ2) is 8.40. The van der Waals surface area contributed by atoms with E-state index in [1.54, 1.807) is 22.7 Å². The Morgan fingerprint density at radius 1 is 1.00 bits per heavy atom. The normalized spacial score (nSPS) is 13.4. The standard InChI is InChI=1S/C20H21NOS2/c1-15(20(22)16-7-3-2-4-8-16)21-12-11-17(18-9-5-13-23-18)19-10-6-14-24-19/h2-11,13-15,20-22H,12H2,1H3. The van der Waals surface area contributed by atoms with Crippen LogP contribution in [0.25, 0.3) is 5.57 Å². The molecule has 3 rings (SSSR count). The summed E-state index contributed by atoms with van der Waals surface area (Å²) in [6.45, 7) is 2.73. The Morgan fingerprint density at radius 2 is 1.62 bits per heavy atom. The fraction of sp³-hybridized carbons (Fsp3) is 0.200. The van der Waals surface area contributed by atoms with Crippen LogP contribution in [0.3, 0.4) is 0 Å². The van der Waals surface area contributed by atoms with Gasteiger partial charge in [-0.3, -0.25) is 0 Å². The molecule has 0 spiro atoms. The molecule has 1 aromatic carbocycles. The first-order chi connectivity index (χ1) is 11.8. The molecule has 2 aromatic heterocycles. The number of thiophene rings is 2. The average molecular weight is 356 g/mol. The predicted molar refractivity (Wildman–Crippen MR) is 105 cm³/mol. The van der Waals surface area contributed by atoms with Crippen molar-refractivity contribution in [2.24, 2.45) is 0 Å². The van der Waals surface area contributed by atoms with Crippen LogP contribution in [0.5, 0.6) is 0 Å². The van der Waals surface area contributed by atoms with Crippen LogP contribution in [-0.2, 0) is 0 Å². The summed E-state index contributed by atoms with van der Waals surface area (Å²) in [6.07, 6.45) is 1.71. The zero-order valence-electron chi connectivity index (χ0n) is 13.6. The number of benzene rings is 1. The minimum Gasteiger partial charge on any atom is -0.387 e. The van der Waals surface area contributed by atoms with Gasteiger partial charge < -0.3 is 10.4 Å². The molecular formula is C20H21NOS2. The van der Waals surface area contributed by atoms with Crippen LogP contribution in [0.4, 0.5) is 0 Å². The van der Waals surface area contributed by atoms with Gasteiger partial charge in [0.1, 0.15) is 0 Å². The SMILES string of the molecule is CC(NCC=C(c1cccs1)c1cccs1)C(O)c1ccccc1. The van der Waals surface area contributed by atoms with Gasteiger partial charge in [-0.05, 0) is 35.4 Å². The van der Waals surface area contributed by atoms with Crippen molar-refractivity contribution in [3.63, 3.8) is 0 Å². The number of aliphatic hydroxyl groups excluding tert-OH is 1. The van der Waals surface area contributed by atoms with Gasteiger partial charge in [-0.1, -0.05) is 48.5 Å². The van der Waals surface area contributed by atoms with Crippen LogP contribution in [0.15, 0.2) is 71.4 Å². The molecule has 24 heavy (non-hydrogen) atoms. The third kappa shape index (κ3) is 4.22. The number of rotatable bonds is 7. The van der Waals surface area contributed by atoms with Crippen LogP contribution in [-0.4, -0.2) is 17.7 Å². The summed E-state index contributed by atoms with van der Waals surface area (Å²) in [5, 5.41) is 18.1. The van der Waals surface area contributed by atoms with Crippen molar-refractivity contribution in [2.75, 3.05) is 6.54 Å². The summed E-state index contributed by atoms with van der Waals surface area (Å²) in [6, 6.07) is 18.2. The maximum atomic E-state index is 10.4. The fourth-order valence-corrected chi connectivity index (χ4v) is 4.21. The minimum atomic E-state index is -0.508. The smallest absolute Gasteiger partial charge is 0.0940 e. The Morgan fingerprint density at radius 3 is 2.17 bits per heavy atom. The highest BCUT2D eigenvalue weighted by molar-refractivity contribution is 7.13. The van der Waals surface area contributed by atoms with Crippen LogP contribution < -0.4 is 5.32 Å². The highest BCUT2D eigenvalue weighted by atomic mass is 32.1. The molecule has 0 fully saturated rings. The molecule has 2 unspecified atom stereocenters. The maximum Gasteiger partial charge on any atom is 0.0940 e. The van der Waals surface area contributed by atoms with E-state index in [0.29, 0.717) is 0 Å². The Balaban J connectivity index is 1.67. The van der Waals surface area contributed by atoms with Gasteiger partial charge >= 0.3 is 0 Å². The predicted octanol–water partition coefficient (Wildman–Crippen LogP) is 4.95. The molecule has 4 heteroatoms. The largest absolute Gasteiger partial charge is 0.387 e. The molecule has 124 valence electrons. The molecule has 0 saturated carbocycles. The Hall–Kier alpha value is -1.72. The van der Waals surface area contributed by atoms with Gasteiger partial charge in [0.25, 0.3) is 0 Å². The highest BCUT2D eigenvalue weighted by Gasteiger charge is 2.15. The van der Waals surface area contributed by atoms with Gasteiger partial charge in [0.2, 0.25) is 0 Å². The van der Waals surface area contributed by atoms with E-state index >= 15 is 0 Å². The topological polar surface area (TPSA) is 32.3 Å². The molecule has 0 aliphatic carbocycles. The van der Waals surface area contributed by atoms with Crippen molar-refractivity contribution in [1.82, 2.24) is 5.32 Å². The zero-order chi connectivity index (χ0) is 16.8. The number of aliphatic hydroxyl groups is 1. The molecule has 2 atom stereocenters. The maximum absolute atomic E-state index is 10.4. The number of hydrogen-bond donors (Lipinski definition) is 2. The zero-order valence-corrected chi connectivity index (χ0v) is 15.2. The summed E-state index contributed by atoms with van der Waals surface area (Å²) < 4.78 is 0. The lowest BCUT2D eigenvalue weighted by molar-refractivity contribution is 0.138. The van der Waals surface area contributed by atoms with Crippen LogP contribution in [0.1, 0.15) is 28.3 Å². The van der Waals surface area contributed by atoms with E-state index in [-0.39, 0.29) is 6.04 Å². The molecule has 3 aromatic rings. The van der Waals surface area contributed by atoms with E-state index < -0.39 is 6.10 Å². The van der Waals surface area contributed by atoms with Crippen LogP contribution in [0, 0.1) is 0 Å². The lowest BCUT2D eigenvalue weighted by atomic mass is 10.0. The first-order valence-corrected chi connectivity index (χ1v) is 9.76. The molecule has 2 nitrogen and oxygen atoms in total. The van der Waals surface area contributed by atoms with Crippen molar-refractivity contribution in [1.29, 1.82) is 0 Å². The Kier molecular flexibility index (Phi) is 5.99. The first kappa shape index (κ1) is 17.1. The van der Waals surface area contributed by atoms with Crippen molar-refractivity contribution in [3.05, 3.63) is 86.8 Å².